The Morgan fingerprint density at radius 2 is 2.23 bits per heavy atom. The largest absolute Gasteiger partial charge is 0.496 e. The average molecular weight is 383 g/mol. The van der Waals surface area contributed by atoms with Gasteiger partial charge in [0, 0.05) is 37.3 Å². The third kappa shape index (κ3) is 5.78. The minimum Gasteiger partial charge on any atom is -0.496 e. The van der Waals surface area contributed by atoms with E-state index in [1.165, 1.54) is 0 Å². The predicted octanol–water partition coefficient (Wildman–Crippen LogP) is 1.69. The molecule has 0 aliphatic carbocycles. The molecule has 1 aromatic carbocycles. The number of ether oxygens (including phenoxy) is 1. The van der Waals surface area contributed by atoms with Gasteiger partial charge in [-0.1, -0.05) is 11.6 Å². The number of hydrogen-bond acceptors (Lipinski definition) is 4. The summed E-state index contributed by atoms with van der Waals surface area (Å²) in [5.74, 6) is 0.367. The molecule has 7 nitrogen and oxygen atoms in total. The minimum absolute atomic E-state index is 0.0857. The van der Waals surface area contributed by atoms with Crippen LogP contribution in [0.25, 0.3) is 0 Å². The number of benzene rings is 1. The number of carbonyl (C=O) groups excluding carboxylic acids is 2. The van der Waals surface area contributed by atoms with Crippen molar-refractivity contribution in [1.82, 2.24) is 15.1 Å². The van der Waals surface area contributed by atoms with Crippen molar-refractivity contribution in [3.8, 4) is 5.75 Å². The molecule has 1 aromatic rings. The zero-order valence-corrected chi connectivity index (χ0v) is 16.1. The normalized spacial score (nSPS) is 17.6. The van der Waals surface area contributed by atoms with Crippen LogP contribution in [0.4, 0.5) is 4.79 Å². The summed E-state index contributed by atoms with van der Waals surface area (Å²) in [4.78, 5) is 27.4. The zero-order chi connectivity index (χ0) is 19.1. The van der Waals surface area contributed by atoms with E-state index in [0.29, 0.717) is 37.0 Å². The van der Waals surface area contributed by atoms with E-state index in [0.717, 1.165) is 24.9 Å². The van der Waals surface area contributed by atoms with Crippen molar-refractivity contribution in [2.24, 2.45) is 11.7 Å². The van der Waals surface area contributed by atoms with Gasteiger partial charge in [0.2, 0.25) is 5.91 Å². The highest BCUT2D eigenvalue weighted by atomic mass is 35.5. The first-order valence-corrected chi connectivity index (χ1v) is 9.11. The van der Waals surface area contributed by atoms with Crippen LogP contribution in [0, 0.1) is 5.92 Å². The van der Waals surface area contributed by atoms with Crippen LogP contribution >= 0.6 is 11.6 Å². The van der Waals surface area contributed by atoms with Crippen molar-refractivity contribution in [3.63, 3.8) is 0 Å². The lowest BCUT2D eigenvalue weighted by atomic mass is 9.97. The summed E-state index contributed by atoms with van der Waals surface area (Å²) < 4.78 is 5.31. The Hall–Kier alpha value is -1.99. The lowest BCUT2D eigenvalue weighted by Crippen LogP contribution is -2.45. The first kappa shape index (κ1) is 20.3. The highest BCUT2D eigenvalue weighted by Gasteiger charge is 2.23. The first-order chi connectivity index (χ1) is 12.4. The fourth-order valence-electron chi connectivity index (χ4n) is 3.14. The van der Waals surface area contributed by atoms with Gasteiger partial charge in [0.15, 0.2) is 0 Å². The Morgan fingerprint density at radius 1 is 1.46 bits per heavy atom. The highest BCUT2D eigenvalue weighted by Crippen LogP contribution is 2.23. The number of piperidine rings is 1. The number of urea groups is 1. The highest BCUT2D eigenvalue weighted by molar-refractivity contribution is 6.30. The molecule has 1 aliphatic heterocycles. The van der Waals surface area contributed by atoms with E-state index >= 15 is 0 Å². The SMILES string of the molecule is COc1ccc(Cl)cc1CN(C)C(=O)NCCN1CCCC(C(N)=O)C1. The van der Waals surface area contributed by atoms with Gasteiger partial charge < -0.3 is 25.6 Å². The van der Waals surface area contributed by atoms with Gasteiger partial charge in [0.05, 0.1) is 19.6 Å². The first-order valence-electron chi connectivity index (χ1n) is 8.73. The molecule has 1 saturated heterocycles. The molecule has 0 bridgehead atoms. The maximum absolute atomic E-state index is 12.3. The molecule has 1 fully saturated rings. The molecule has 1 atom stereocenters. The van der Waals surface area contributed by atoms with Gasteiger partial charge in [-0.15, -0.1) is 0 Å². The van der Waals surface area contributed by atoms with Crippen LogP contribution in [0.5, 0.6) is 5.75 Å². The number of primary amides is 1. The number of nitrogens with two attached hydrogens (primary N) is 1. The van der Waals surface area contributed by atoms with Crippen LogP contribution in [0.1, 0.15) is 18.4 Å². The summed E-state index contributed by atoms with van der Waals surface area (Å²) in [5, 5.41) is 3.50. The van der Waals surface area contributed by atoms with E-state index in [2.05, 4.69) is 10.2 Å². The molecule has 0 aromatic heterocycles. The zero-order valence-electron chi connectivity index (χ0n) is 15.3. The van der Waals surface area contributed by atoms with Crippen LogP contribution in [-0.2, 0) is 11.3 Å². The standard InChI is InChI=1S/C18H27ClN4O3/c1-22(11-14-10-15(19)5-6-16(14)26-2)18(25)21-7-9-23-8-3-4-13(12-23)17(20)24/h5-6,10,13H,3-4,7-9,11-12H2,1-2H3,(H2,20,24)(H,21,25). The van der Waals surface area contributed by atoms with Gasteiger partial charge in [-0.3, -0.25) is 4.79 Å². The van der Waals surface area contributed by atoms with E-state index in [9.17, 15) is 9.59 Å². The molecule has 0 radical (unpaired) electrons. The number of likely N-dealkylation sites (tertiary alicyclic amines) is 1. The van der Waals surface area contributed by atoms with Gasteiger partial charge in [0.1, 0.15) is 5.75 Å². The van der Waals surface area contributed by atoms with Crippen LogP contribution in [-0.4, -0.2) is 62.1 Å². The van der Waals surface area contributed by atoms with E-state index in [1.54, 1.807) is 37.3 Å². The van der Waals surface area contributed by atoms with Gasteiger partial charge in [0.25, 0.3) is 0 Å². The van der Waals surface area contributed by atoms with Crippen molar-refractivity contribution in [2.75, 3.05) is 40.3 Å². The number of nitrogens with one attached hydrogen (secondary N) is 1. The summed E-state index contributed by atoms with van der Waals surface area (Å²) in [7, 11) is 3.31. The Labute approximate surface area is 159 Å². The van der Waals surface area contributed by atoms with Gasteiger partial charge in [-0.05, 0) is 37.6 Å². The monoisotopic (exact) mass is 382 g/mol. The quantitative estimate of drug-likeness (QED) is 0.751. The molecule has 1 unspecified atom stereocenters. The predicted molar refractivity (Wildman–Crippen MR) is 101 cm³/mol. The number of methoxy groups -OCH3 is 1. The van der Waals surface area contributed by atoms with Crippen molar-refractivity contribution >= 4 is 23.5 Å². The Morgan fingerprint density at radius 3 is 2.92 bits per heavy atom. The second-order valence-corrected chi connectivity index (χ2v) is 7.02. The summed E-state index contributed by atoms with van der Waals surface area (Å²) >= 11 is 6.03. The van der Waals surface area contributed by atoms with Crippen LogP contribution < -0.4 is 15.8 Å². The molecule has 26 heavy (non-hydrogen) atoms. The maximum atomic E-state index is 12.3. The van der Waals surface area contributed by atoms with Crippen LogP contribution in [0.3, 0.4) is 0 Å². The summed E-state index contributed by atoms with van der Waals surface area (Å²) in [6, 6.07) is 5.16. The molecule has 1 heterocycles. The molecule has 3 amide bonds. The van der Waals surface area contributed by atoms with Crippen molar-refractivity contribution in [1.29, 1.82) is 0 Å². The Kier molecular flexibility index (Phi) is 7.53. The topological polar surface area (TPSA) is 87.9 Å². The van der Waals surface area contributed by atoms with Gasteiger partial charge in [-0.2, -0.15) is 0 Å². The number of halogens is 1. The smallest absolute Gasteiger partial charge is 0.317 e. The molecule has 8 heteroatoms. The molecule has 2 rings (SSSR count). The molecule has 1 aliphatic rings. The van der Waals surface area contributed by atoms with E-state index in [-0.39, 0.29) is 17.9 Å². The molecule has 0 saturated carbocycles. The van der Waals surface area contributed by atoms with E-state index < -0.39 is 0 Å². The third-order valence-electron chi connectivity index (χ3n) is 4.61. The number of carbonyl (C=O) groups is 2. The van der Waals surface area contributed by atoms with E-state index in [4.69, 9.17) is 22.1 Å². The fraction of sp³-hybridized carbons (Fsp3) is 0.556. The molecule has 0 spiro atoms. The van der Waals surface area contributed by atoms with Gasteiger partial charge in [-0.25, -0.2) is 4.79 Å². The summed E-state index contributed by atoms with van der Waals surface area (Å²) in [6.45, 7) is 3.20. The van der Waals surface area contributed by atoms with Crippen LogP contribution in [0.2, 0.25) is 5.02 Å². The summed E-state index contributed by atoms with van der Waals surface area (Å²) in [6.07, 6.45) is 1.80. The molecule has 3 N–H and O–H groups in total. The fourth-order valence-corrected chi connectivity index (χ4v) is 3.34. The lowest BCUT2D eigenvalue weighted by Gasteiger charge is -2.31. The van der Waals surface area contributed by atoms with Crippen molar-refractivity contribution in [3.05, 3.63) is 28.8 Å². The Balaban J connectivity index is 1.79. The number of hydrogen-bond donors (Lipinski definition) is 2. The van der Waals surface area contributed by atoms with Gasteiger partial charge >= 0.3 is 6.03 Å². The summed E-state index contributed by atoms with van der Waals surface area (Å²) in [5.41, 5.74) is 6.24. The minimum atomic E-state index is -0.242. The lowest BCUT2D eigenvalue weighted by molar-refractivity contribution is -0.123. The number of rotatable bonds is 7. The molecular formula is C18H27ClN4O3. The molecule has 144 valence electrons. The van der Waals surface area contributed by atoms with Crippen molar-refractivity contribution < 1.29 is 14.3 Å². The third-order valence-corrected chi connectivity index (χ3v) is 4.84. The average Bonchev–Trinajstić information content (AvgIpc) is 2.62. The second kappa shape index (κ2) is 9.64. The van der Waals surface area contributed by atoms with E-state index in [1.807, 2.05) is 0 Å². The van der Waals surface area contributed by atoms with Crippen molar-refractivity contribution in [2.45, 2.75) is 19.4 Å². The molecular weight excluding hydrogens is 356 g/mol. The second-order valence-electron chi connectivity index (χ2n) is 6.59. The Bertz CT molecular complexity index is 641. The number of nitrogens with zero attached hydrogens (tertiary/aromatic N) is 2. The maximum Gasteiger partial charge on any atom is 0.317 e. The number of amides is 3. The van der Waals surface area contributed by atoms with Crippen LogP contribution in [0.15, 0.2) is 18.2 Å².